The van der Waals surface area contributed by atoms with Crippen LogP contribution < -0.4 is 14.8 Å². The molecule has 0 aliphatic rings. The van der Waals surface area contributed by atoms with Crippen LogP contribution in [0.4, 0.5) is 5.69 Å². The fourth-order valence-corrected chi connectivity index (χ4v) is 4.04. The Morgan fingerprint density at radius 2 is 1.53 bits per heavy atom. The van der Waals surface area contributed by atoms with Gasteiger partial charge in [-0.25, -0.2) is 0 Å². The molecule has 34 heavy (non-hydrogen) atoms. The molecule has 4 aromatic carbocycles. The van der Waals surface area contributed by atoms with Crippen LogP contribution in [0.25, 0.3) is 11.1 Å². The number of amides is 1. The molecule has 0 aliphatic carbocycles. The van der Waals surface area contributed by atoms with Gasteiger partial charge in [0.1, 0.15) is 11.5 Å². The van der Waals surface area contributed by atoms with Gasteiger partial charge in [0, 0.05) is 11.8 Å². The SMILES string of the molecule is O=C(COc1ccc(-c2ccccc2)cc1Br)Nc1cccc(OCCCc2ccccc2)c1. The molecule has 172 valence electrons. The Kier molecular flexibility index (Phi) is 8.36. The molecule has 0 bridgehead atoms. The maximum absolute atomic E-state index is 12.4. The van der Waals surface area contributed by atoms with Crippen molar-refractivity contribution < 1.29 is 14.3 Å². The zero-order chi connectivity index (χ0) is 23.6. The lowest BCUT2D eigenvalue weighted by Crippen LogP contribution is -2.20. The molecule has 4 rings (SSSR count). The predicted octanol–water partition coefficient (Wildman–Crippen LogP) is 7.15. The highest BCUT2D eigenvalue weighted by Crippen LogP contribution is 2.30. The van der Waals surface area contributed by atoms with Gasteiger partial charge in [0.15, 0.2) is 6.61 Å². The van der Waals surface area contributed by atoms with Crippen molar-refractivity contribution in [2.45, 2.75) is 12.8 Å². The summed E-state index contributed by atoms with van der Waals surface area (Å²) in [5.74, 6) is 1.11. The molecule has 0 aliphatic heterocycles. The highest BCUT2D eigenvalue weighted by atomic mass is 79.9. The van der Waals surface area contributed by atoms with E-state index in [1.54, 1.807) is 0 Å². The van der Waals surface area contributed by atoms with Crippen molar-refractivity contribution in [2.75, 3.05) is 18.5 Å². The second-order valence-electron chi connectivity index (χ2n) is 7.81. The molecule has 0 aromatic heterocycles. The average Bonchev–Trinajstić information content (AvgIpc) is 2.87. The van der Waals surface area contributed by atoms with Crippen LogP contribution in [0.3, 0.4) is 0 Å². The first kappa shape index (κ1) is 23.6. The number of ether oxygens (including phenoxy) is 2. The van der Waals surface area contributed by atoms with Gasteiger partial charge in [-0.3, -0.25) is 4.79 Å². The molecule has 0 fully saturated rings. The Hall–Kier alpha value is -3.57. The van der Waals surface area contributed by atoms with Gasteiger partial charge in [-0.2, -0.15) is 0 Å². The van der Waals surface area contributed by atoms with E-state index in [4.69, 9.17) is 9.47 Å². The molecule has 0 saturated heterocycles. The van der Waals surface area contributed by atoms with Crippen molar-refractivity contribution in [1.29, 1.82) is 0 Å². The van der Waals surface area contributed by atoms with Gasteiger partial charge in [0.25, 0.3) is 5.91 Å². The first-order valence-corrected chi connectivity index (χ1v) is 12.0. The molecule has 0 spiro atoms. The van der Waals surface area contributed by atoms with Crippen LogP contribution in [0.1, 0.15) is 12.0 Å². The van der Waals surface area contributed by atoms with Crippen molar-refractivity contribution >= 4 is 27.5 Å². The first-order valence-electron chi connectivity index (χ1n) is 11.2. The number of hydrogen-bond acceptors (Lipinski definition) is 3. The number of carbonyl (C=O) groups excluding carboxylic acids is 1. The van der Waals surface area contributed by atoms with Gasteiger partial charge >= 0.3 is 0 Å². The van der Waals surface area contributed by atoms with Crippen LogP contribution >= 0.6 is 15.9 Å². The zero-order valence-corrected chi connectivity index (χ0v) is 20.3. The molecular formula is C29H26BrNO3. The molecule has 0 saturated carbocycles. The van der Waals surface area contributed by atoms with Crippen molar-refractivity contribution in [2.24, 2.45) is 0 Å². The highest BCUT2D eigenvalue weighted by Gasteiger charge is 2.09. The van der Waals surface area contributed by atoms with Gasteiger partial charge in [-0.05, 0) is 69.7 Å². The maximum Gasteiger partial charge on any atom is 0.262 e. The topological polar surface area (TPSA) is 47.6 Å². The molecule has 1 N–H and O–H groups in total. The van der Waals surface area contributed by atoms with E-state index in [2.05, 4.69) is 45.5 Å². The number of benzene rings is 4. The molecule has 0 heterocycles. The number of carbonyl (C=O) groups is 1. The van der Waals surface area contributed by atoms with Crippen LogP contribution in [0.5, 0.6) is 11.5 Å². The van der Waals surface area contributed by atoms with Gasteiger partial charge in [0.2, 0.25) is 0 Å². The van der Waals surface area contributed by atoms with Crippen LogP contribution in [-0.2, 0) is 11.2 Å². The van der Waals surface area contributed by atoms with Gasteiger partial charge in [-0.1, -0.05) is 72.8 Å². The van der Waals surface area contributed by atoms with E-state index in [-0.39, 0.29) is 12.5 Å². The van der Waals surface area contributed by atoms with Gasteiger partial charge < -0.3 is 14.8 Å². The summed E-state index contributed by atoms with van der Waals surface area (Å²) >= 11 is 3.54. The third kappa shape index (κ3) is 6.96. The predicted molar refractivity (Wildman–Crippen MR) is 140 cm³/mol. The lowest BCUT2D eigenvalue weighted by Gasteiger charge is -2.11. The second-order valence-corrected chi connectivity index (χ2v) is 8.67. The number of hydrogen-bond donors (Lipinski definition) is 1. The minimum atomic E-state index is -0.236. The summed E-state index contributed by atoms with van der Waals surface area (Å²) in [5.41, 5.74) is 4.17. The first-order chi connectivity index (χ1) is 16.7. The van der Waals surface area contributed by atoms with Crippen LogP contribution in [0, 0.1) is 0 Å². The molecule has 0 unspecified atom stereocenters. The fraction of sp³-hybridized carbons (Fsp3) is 0.138. The number of halogens is 1. The monoisotopic (exact) mass is 515 g/mol. The van der Waals surface area contributed by atoms with Crippen molar-refractivity contribution in [3.63, 3.8) is 0 Å². The lowest BCUT2D eigenvalue weighted by atomic mass is 10.1. The quantitative estimate of drug-likeness (QED) is 0.228. The van der Waals surface area contributed by atoms with Crippen LogP contribution in [0.2, 0.25) is 0 Å². The number of aryl methyl sites for hydroxylation is 1. The number of nitrogens with one attached hydrogen (secondary N) is 1. The molecule has 4 nitrogen and oxygen atoms in total. The Labute approximate surface area is 208 Å². The zero-order valence-electron chi connectivity index (χ0n) is 18.7. The van der Waals surface area contributed by atoms with E-state index >= 15 is 0 Å². The minimum Gasteiger partial charge on any atom is -0.494 e. The summed E-state index contributed by atoms with van der Waals surface area (Å²) in [4.78, 5) is 12.4. The average molecular weight is 516 g/mol. The standard InChI is InChI=1S/C29H26BrNO3/c30-27-19-24(23-12-5-2-6-13-23)16-17-28(27)34-21-29(32)31-25-14-7-15-26(20-25)33-18-8-11-22-9-3-1-4-10-22/h1-7,9-10,12-17,19-20H,8,11,18,21H2,(H,31,32). The molecule has 0 radical (unpaired) electrons. The molecule has 5 heteroatoms. The van der Waals surface area contributed by atoms with Crippen molar-refractivity contribution in [3.8, 4) is 22.6 Å². The van der Waals surface area contributed by atoms with Crippen molar-refractivity contribution in [1.82, 2.24) is 0 Å². The van der Waals surface area contributed by atoms with E-state index in [9.17, 15) is 4.79 Å². The molecular weight excluding hydrogens is 490 g/mol. The second kappa shape index (κ2) is 12.1. The summed E-state index contributed by atoms with van der Waals surface area (Å²) in [5, 5.41) is 2.87. The van der Waals surface area contributed by atoms with E-state index in [1.165, 1.54) is 5.56 Å². The Morgan fingerprint density at radius 3 is 2.29 bits per heavy atom. The highest BCUT2D eigenvalue weighted by molar-refractivity contribution is 9.10. The smallest absolute Gasteiger partial charge is 0.262 e. The summed E-state index contributed by atoms with van der Waals surface area (Å²) in [6.45, 7) is 0.522. The number of rotatable bonds is 10. The van der Waals surface area contributed by atoms with Crippen molar-refractivity contribution in [3.05, 3.63) is 113 Å². The van der Waals surface area contributed by atoms with E-state index < -0.39 is 0 Å². The summed E-state index contributed by atoms with van der Waals surface area (Å²) in [6, 6.07) is 33.7. The largest absolute Gasteiger partial charge is 0.494 e. The fourth-order valence-electron chi connectivity index (χ4n) is 3.54. The van der Waals surface area contributed by atoms with Gasteiger partial charge in [-0.15, -0.1) is 0 Å². The van der Waals surface area contributed by atoms with E-state index in [0.717, 1.165) is 34.2 Å². The Bertz CT molecular complexity index is 1210. The minimum absolute atomic E-state index is 0.0918. The van der Waals surface area contributed by atoms with E-state index in [0.29, 0.717) is 18.0 Å². The summed E-state index contributed by atoms with van der Waals surface area (Å²) in [6.07, 6.45) is 1.89. The van der Waals surface area contributed by atoms with Crippen LogP contribution in [0.15, 0.2) is 108 Å². The molecule has 4 aromatic rings. The van der Waals surface area contributed by atoms with Gasteiger partial charge in [0.05, 0.1) is 11.1 Å². The lowest BCUT2D eigenvalue weighted by molar-refractivity contribution is -0.118. The van der Waals surface area contributed by atoms with Crippen LogP contribution in [-0.4, -0.2) is 19.1 Å². The third-order valence-electron chi connectivity index (χ3n) is 5.24. The molecule has 1 amide bonds. The Morgan fingerprint density at radius 1 is 0.765 bits per heavy atom. The van der Waals surface area contributed by atoms with E-state index in [1.807, 2.05) is 78.9 Å². The molecule has 0 atom stereocenters. The summed E-state index contributed by atoms with van der Waals surface area (Å²) < 4.78 is 12.4. The maximum atomic E-state index is 12.4. The number of anilines is 1. The normalized spacial score (nSPS) is 10.5. The summed E-state index contributed by atoms with van der Waals surface area (Å²) in [7, 11) is 0. The Balaban J connectivity index is 1.24. The third-order valence-corrected chi connectivity index (χ3v) is 5.86.